The van der Waals surface area contributed by atoms with Crippen molar-refractivity contribution in [3.8, 4) is 0 Å². The molecule has 88 heavy (non-hydrogen) atoms. The van der Waals surface area contributed by atoms with E-state index >= 15 is 0 Å². The number of unbranched alkanes of at least 4 members (excludes halogenated alkanes) is 32. The molecule has 2 unspecified atom stereocenters. The van der Waals surface area contributed by atoms with E-state index in [1.54, 1.807) is 0 Å². The van der Waals surface area contributed by atoms with Crippen molar-refractivity contribution >= 4 is 39.5 Å². The molecular weight excluding hydrogens is 1160 g/mol. The van der Waals surface area contributed by atoms with E-state index in [9.17, 15) is 43.2 Å². The van der Waals surface area contributed by atoms with E-state index in [4.69, 9.17) is 37.0 Å². The fourth-order valence-corrected chi connectivity index (χ4v) is 11.9. The van der Waals surface area contributed by atoms with Crippen molar-refractivity contribution < 1.29 is 80.2 Å². The Morgan fingerprint density at radius 2 is 0.477 bits per heavy atom. The van der Waals surface area contributed by atoms with Gasteiger partial charge in [-0.2, -0.15) is 0 Å². The van der Waals surface area contributed by atoms with E-state index in [-0.39, 0.29) is 25.7 Å². The van der Waals surface area contributed by atoms with E-state index in [0.717, 1.165) is 114 Å². The number of aliphatic hydroxyl groups is 1. The zero-order valence-electron chi connectivity index (χ0n) is 57.3. The predicted molar refractivity (Wildman–Crippen MR) is 354 cm³/mol. The summed E-state index contributed by atoms with van der Waals surface area (Å²) in [5.41, 5.74) is 0. The van der Waals surface area contributed by atoms with Crippen LogP contribution in [-0.4, -0.2) is 96.7 Å². The number of rotatable bonds is 66. The van der Waals surface area contributed by atoms with E-state index in [0.29, 0.717) is 31.6 Å². The Morgan fingerprint density at radius 1 is 0.284 bits per heavy atom. The summed E-state index contributed by atoms with van der Waals surface area (Å²) < 4.78 is 68.2. The van der Waals surface area contributed by atoms with Crippen molar-refractivity contribution in [2.24, 2.45) is 23.7 Å². The highest BCUT2D eigenvalue weighted by Crippen LogP contribution is 2.45. The molecule has 5 atom stereocenters. The first-order chi connectivity index (χ1) is 42.1. The molecule has 0 fully saturated rings. The number of hydrogen-bond acceptors (Lipinski definition) is 15. The fraction of sp³-hybridized carbons (Fsp3) is 0.942. The minimum absolute atomic E-state index is 0.104. The van der Waals surface area contributed by atoms with E-state index in [1.165, 1.54) is 135 Å². The van der Waals surface area contributed by atoms with Crippen LogP contribution < -0.4 is 0 Å². The van der Waals surface area contributed by atoms with Crippen LogP contribution >= 0.6 is 15.6 Å². The molecule has 19 heteroatoms. The molecule has 0 aromatic heterocycles. The van der Waals surface area contributed by atoms with Crippen molar-refractivity contribution in [3.05, 3.63) is 0 Å². The summed E-state index contributed by atoms with van der Waals surface area (Å²) >= 11 is 0. The minimum atomic E-state index is -4.95. The lowest BCUT2D eigenvalue weighted by atomic mass is 10.0. The minimum Gasteiger partial charge on any atom is -0.462 e. The Bertz CT molecular complexity index is 1750. The van der Waals surface area contributed by atoms with Crippen LogP contribution in [0.1, 0.15) is 338 Å². The summed E-state index contributed by atoms with van der Waals surface area (Å²) in [6.45, 7) is 14.0. The number of ether oxygens (including phenoxy) is 4. The summed E-state index contributed by atoms with van der Waals surface area (Å²) in [5, 5.41) is 10.6. The zero-order valence-corrected chi connectivity index (χ0v) is 59.1. The van der Waals surface area contributed by atoms with Gasteiger partial charge in [-0.15, -0.1) is 0 Å². The van der Waals surface area contributed by atoms with Crippen molar-refractivity contribution in [1.82, 2.24) is 0 Å². The molecule has 0 aliphatic rings. The molecule has 0 aliphatic carbocycles. The second-order valence-corrected chi connectivity index (χ2v) is 29.7. The quantitative estimate of drug-likeness (QED) is 0.0222. The largest absolute Gasteiger partial charge is 0.472 e. The fourth-order valence-electron chi connectivity index (χ4n) is 10.3. The van der Waals surface area contributed by atoms with Crippen molar-refractivity contribution in [1.29, 1.82) is 0 Å². The van der Waals surface area contributed by atoms with Crippen LogP contribution in [0, 0.1) is 23.7 Å². The maximum atomic E-state index is 13.0. The number of aliphatic hydroxyl groups excluding tert-OH is 1. The van der Waals surface area contributed by atoms with E-state index in [2.05, 4.69) is 55.4 Å². The van der Waals surface area contributed by atoms with Gasteiger partial charge >= 0.3 is 39.5 Å². The van der Waals surface area contributed by atoms with Crippen LogP contribution in [0.2, 0.25) is 0 Å². The summed E-state index contributed by atoms with van der Waals surface area (Å²) in [4.78, 5) is 72.4. The van der Waals surface area contributed by atoms with E-state index in [1.807, 2.05) is 0 Å². The molecular formula is C69H134O17P2. The third kappa shape index (κ3) is 62.8. The van der Waals surface area contributed by atoms with Gasteiger partial charge in [0.15, 0.2) is 12.2 Å². The van der Waals surface area contributed by atoms with Gasteiger partial charge in [-0.25, -0.2) is 9.13 Å². The first-order valence-corrected chi connectivity index (χ1v) is 38.7. The summed E-state index contributed by atoms with van der Waals surface area (Å²) in [6.07, 6.45) is 40.5. The van der Waals surface area contributed by atoms with Gasteiger partial charge in [0, 0.05) is 25.7 Å². The van der Waals surface area contributed by atoms with Gasteiger partial charge in [0.1, 0.15) is 19.3 Å². The Labute approximate surface area is 537 Å². The van der Waals surface area contributed by atoms with Crippen LogP contribution in [0.5, 0.6) is 0 Å². The number of phosphoric acid groups is 2. The molecule has 3 N–H and O–H groups in total. The molecule has 17 nitrogen and oxygen atoms in total. The lowest BCUT2D eigenvalue weighted by Gasteiger charge is -2.21. The van der Waals surface area contributed by atoms with Crippen LogP contribution in [0.3, 0.4) is 0 Å². The third-order valence-corrected chi connectivity index (χ3v) is 17.7. The van der Waals surface area contributed by atoms with Gasteiger partial charge < -0.3 is 33.8 Å². The van der Waals surface area contributed by atoms with E-state index < -0.39 is 97.5 Å². The molecule has 0 bridgehead atoms. The molecule has 0 saturated carbocycles. The van der Waals surface area contributed by atoms with Crippen molar-refractivity contribution in [2.75, 3.05) is 39.6 Å². The van der Waals surface area contributed by atoms with Crippen molar-refractivity contribution in [2.45, 2.75) is 356 Å². The van der Waals surface area contributed by atoms with Gasteiger partial charge in [-0.3, -0.25) is 37.3 Å². The highest BCUT2D eigenvalue weighted by molar-refractivity contribution is 7.47. The first kappa shape index (κ1) is 86.1. The lowest BCUT2D eigenvalue weighted by Crippen LogP contribution is -2.30. The van der Waals surface area contributed by atoms with Gasteiger partial charge in [0.05, 0.1) is 26.4 Å². The number of carbonyl (C=O) groups is 4. The summed E-state index contributed by atoms with van der Waals surface area (Å²) in [6, 6.07) is 0. The molecule has 0 heterocycles. The number of esters is 4. The maximum absolute atomic E-state index is 13.0. The second-order valence-electron chi connectivity index (χ2n) is 26.8. The molecule has 0 rings (SSSR count). The second kappa shape index (κ2) is 58.8. The summed E-state index contributed by atoms with van der Waals surface area (Å²) in [5.74, 6) is 0.795. The van der Waals surface area contributed by atoms with Crippen LogP contribution in [0.25, 0.3) is 0 Å². The SMILES string of the molecule is CC(C)CCCCCCCCCCCCCCCC(=O)O[C@H](COC(=O)CCCCCCCCC(C)C)COP(=O)(O)OC[C@H](O)COP(=O)(O)OC[C@@H](COC(=O)CCCCCCCCCCC(C)C)OC(=O)CCCCCCCCCCCC(C)C. The van der Waals surface area contributed by atoms with Gasteiger partial charge in [-0.1, -0.05) is 287 Å². The topological polar surface area (TPSA) is 237 Å². The Balaban J connectivity index is 5.23. The Hall–Kier alpha value is -1.94. The standard InChI is InChI=1S/C69H134O17P2/c1-59(2)45-37-29-21-15-12-10-9-11-13-17-25-35-43-51-68(73)86-65(56-80-67(72)50-42-34-28-27-32-40-48-62(7)8)58-84-88(77,78)82-54-63(70)53-81-87(75,76)83-57-64(55-79-66(71)49-41-33-24-20-19-23-31-39-47-61(5)6)85-69(74)52-44-36-26-18-14-16-22-30-38-46-60(3)4/h59-65,70H,9-58H2,1-8H3,(H,75,76)(H,77,78)/t63-,64-,65-/m1/s1. The van der Waals surface area contributed by atoms with Crippen LogP contribution in [-0.2, 0) is 65.4 Å². The number of phosphoric ester groups is 2. The number of hydrogen-bond donors (Lipinski definition) is 3. The normalized spacial score (nSPS) is 14.3. The predicted octanol–water partition coefficient (Wildman–Crippen LogP) is 19.3. The molecule has 0 saturated heterocycles. The highest BCUT2D eigenvalue weighted by Gasteiger charge is 2.30. The van der Waals surface area contributed by atoms with Gasteiger partial charge in [-0.05, 0) is 49.4 Å². The van der Waals surface area contributed by atoms with Gasteiger partial charge in [0.2, 0.25) is 0 Å². The molecule has 0 spiro atoms. The smallest absolute Gasteiger partial charge is 0.462 e. The van der Waals surface area contributed by atoms with Gasteiger partial charge in [0.25, 0.3) is 0 Å². The molecule has 0 aromatic carbocycles. The molecule has 0 aliphatic heterocycles. The summed E-state index contributed by atoms with van der Waals surface area (Å²) in [7, 11) is -9.90. The monoisotopic (exact) mass is 1300 g/mol. The highest BCUT2D eigenvalue weighted by atomic mass is 31.2. The van der Waals surface area contributed by atoms with Crippen molar-refractivity contribution in [3.63, 3.8) is 0 Å². The Morgan fingerprint density at radius 3 is 0.705 bits per heavy atom. The maximum Gasteiger partial charge on any atom is 0.472 e. The molecule has 0 radical (unpaired) electrons. The van der Waals surface area contributed by atoms with Crippen LogP contribution in [0.15, 0.2) is 0 Å². The number of carbonyl (C=O) groups excluding carboxylic acids is 4. The molecule has 0 amide bonds. The average molecular weight is 1300 g/mol. The average Bonchev–Trinajstić information content (AvgIpc) is 3.62. The first-order valence-electron chi connectivity index (χ1n) is 35.7. The zero-order chi connectivity index (χ0) is 65.4. The Kier molecular flexibility index (Phi) is 57.6. The molecule has 522 valence electrons. The molecule has 0 aromatic rings. The van der Waals surface area contributed by atoms with Crippen LogP contribution in [0.4, 0.5) is 0 Å². The lowest BCUT2D eigenvalue weighted by molar-refractivity contribution is -0.161. The third-order valence-electron chi connectivity index (χ3n) is 15.8.